The van der Waals surface area contributed by atoms with E-state index in [0.29, 0.717) is 11.5 Å². The highest BCUT2D eigenvalue weighted by molar-refractivity contribution is 5.85. The molecule has 0 bridgehead atoms. The van der Waals surface area contributed by atoms with Gasteiger partial charge in [-0.2, -0.15) is 5.26 Å². The molecule has 0 N–H and O–H groups in total. The van der Waals surface area contributed by atoms with Crippen LogP contribution >= 0.6 is 12.4 Å². The smallest absolute Gasteiger partial charge is 0.0991 e. The van der Waals surface area contributed by atoms with Crippen LogP contribution in [0.2, 0.25) is 0 Å². The summed E-state index contributed by atoms with van der Waals surface area (Å²) < 4.78 is 0. The number of halogens is 1. The van der Waals surface area contributed by atoms with Gasteiger partial charge in [0.1, 0.15) is 0 Å². The number of rotatable bonds is 3. The fourth-order valence-electron chi connectivity index (χ4n) is 3.36. The first kappa shape index (κ1) is 18.3. The first-order valence-electron chi connectivity index (χ1n) is 8.21. The maximum Gasteiger partial charge on any atom is 0.0991 e. The van der Waals surface area contributed by atoms with Gasteiger partial charge in [0.05, 0.1) is 11.6 Å². The van der Waals surface area contributed by atoms with Crippen molar-refractivity contribution >= 4 is 23.8 Å². The van der Waals surface area contributed by atoms with Gasteiger partial charge in [0.25, 0.3) is 0 Å². The maximum atomic E-state index is 8.92. The molecule has 4 heteroatoms. The molecule has 24 heavy (non-hydrogen) atoms. The summed E-state index contributed by atoms with van der Waals surface area (Å²) >= 11 is 0. The second-order valence-electron chi connectivity index (χ2n) is 6.33. The Hall–Kier alpha value is -2.02. The Bertz CT molecular complexity index is 734. The summed E-state index contributed by atoms with van der Waals surface area (Å²) in [6.07, 6.45) is 0. The molecule has 0 aromatic heterocycles. The topological polar surface area (TPSA) is 30.3 Å². The normalized spacial score (nSPS) is 16.7. The number of hydrogen-bond donors (Lipinski definition) is 0. The minimum absolute atomic E-state index is 0. The van der Waals surface area contributed by atoms with Crippen LogP contribution in [0.1, 0.15) is 36.5 Å². The van der Waals surface area contributed by atoms with Gasteiger partial charge < -0.3 is 4.90 Å². The summed E-state index contributed by atoms with van der Waals surface area (Å²) in [6, 6.07) is 16.7. The molecular formula is C20H24ClN3. The minimum atomic E-state index is 0. The van der Waals surface area contributed by atoms with Gasteiger partial charge in [0.15, 0.2) is 0 Å². The number of benzene rings is 2. The van der Waals surface area contributed by atoms with Crippen LogP contribution in [0.25, 0.3) is 0 Å². The predicted molar refractivity (Wildman–Crippen MR) is 102 cm³/mol. The summed E-state index contributed by atoms with van der Waals surface area (Å²) in [7, 11) is 2.08. The highest BCUT2D eigenvalue weighted by Crippen LogP contribution is 2.32. The number of nitrogens with zero attached hydrogens (tertiary/aromatic N) is 3. The quantitative estimate of drug-likeness (QED) is 0.811. The monoisotopic (exact) mass is 341 g/mol. The van der Waals surface area contributed by atoms with Crippen LogP contribution in [0.4, 0.5) is 11.4 Å². The number of anilines is 2. The Morgan fingerprint density at radius 1 is 1.17 bits per heavy atom. The molecule has 1 unspecified atom stereocenters. The lowest BCUT2D eigenvalue weighted by atomic mass is 9.90. The van der Waals surface area contributed by atoms with Gasteiger partial charge in [-0.05, 0) is 60.0 Å². The summed E-state index contributed by atoms with van der Waals surface area (Å²) in [6.45, 7) is 7.81. The van der Waals surface area contributed by atoms with Crippen LogP contribution < -0.4 is 4.90 Å². The highest BCUT2D eigenvalue weighted by Gasteiger charge is 2.21. The first-order valence-corrected chi connectivity index (χ1v) is 8.21. The molecule has 0 saturated heterocycles. The molecule has 2 aromatic carbocycles. The Morgan fingerprint density at radius 2 is 1.83 bits per heavy atom. The fraction of sp³-hybridized carbons (Fsp3) is 0.350. The van der Waals surface area contributed by atoms with Crippen molar-refractivity contribution in [2.45, 2.75) is 26.3 Å². The molecule has 2 aromatic rings. The number of likely N-dealkylation sites (N-methyl/N-ethyl adjacent to an activating group) is 1. The van der Waals surface area contributed by atoms with E-state index in [1.165, 1.54) is 16.8 Å². The van der Waals surface area contributed by atoms with Gasteiger partial charge in [-0.1, -0.05) is 19.9 Å². The average Bonchev–Trinajstić information content (AvgIpc) is 2.60. The Kier molecular flexibility index (Phi) is 5.88. The van der Waals surface area contributed by atoms with Crippen molar-refractivity contribution in [3.8, 4) is 6.07 Å². The molecule has 0 aliphatic carbocycles. The third-order valence-corrected chi connectivity index (χ3v) is 4.80. The van der Waals surface area contributed by atoms with Gasteiger partial charge in [-0.15, -0.1) is 12.4 Å². The summed E-state index contributed by atoms with van der Waals surface area (Å²) in [5.41, 5.74) is 5.90. The van der Waals surface area contributed by atoms with Crippen LogP contribution in [0.5, 0.6) is 0 Å². The van der Waals surface area contributed by atoms with E-state index in [-0.39, 0.29) is 12.4 Å². The van der Waals surface area contributed by atoms with E-state index in [1.54, 1.807) is 0 Å². The van der Waals surface area contributed by atoms with Crippen molar-refractivity contribution in [1.82, 2.24) is 4.90 Å². The lowest BCUT2D eigenvalue weighted by Crippen LogP contribution is -2.32. The van der Waals surface area contributed by atoms with E-state index in [2.05, 4.69) is 55.0 Å². The van der Waals surface area contributed by atoms with E-state index in [9.17, 15) is 0 Å². The van der Waals surface area contributed by atoms with E-state index in [1.807, 2.05) is 24.3 Å². The molecule has 3 nitrogen and oxygen atoms in total. The van der Waals surface area contributed by atoms with Crippen LogP contribution in [-0.2, 0) is 6.54 Å². The SMILES string of the molecule is CCN1Cc2cc(N(C)c3ccc(C#N)cc3)ccc2C(C)C1.Cl. The van der Waals surface area contributed by atoms with E-state index in [0.717, 1.165) is 25.3 Å². The van der Waals surface area contributed by atoms with Crippen molar-refractivity contribution in [3.05, 3.63) is 59.2 Å². The lowest BCUT2D eigenvalue weighted by molar-refractivity contribution is 0.247. The van der Waals surface area contributed by atoms with Crippen LogP contribution in [0, 0.1) is 11.3 Å². The third-order valence-electron chi connectivity index (χ3n) is 4.80. The second kappa shape index (κ2) is 7.70. The van der Waals surface area contributed by atoms with Crippen molar-refractivity contribution < 1.29 is 0 Å². The molecular weight excluding hydrogens is 318 g/mol. The van der Waals surface area contributed by atoms with Crippen molar-refractivity contribution in [2.24, 2.45) is 0 Å². The van der Waals surface area contributed by atoms with Crippen molar-refractivity contribution in [1.29, 1.82) is 5.26 Å². The highest BCUT2D eigenvalue weighted by atomic mass is 35.5. The Morgan fingerprint density at radius 3 is 2.46 bits per heavy atom. The summed E-state index contributed by atoms with van der Waals surface area (Å²) in [5.74, 6) is 0.591. The standard InChI is InChI=1S/C20H23N3.ClH/c1-4-23-13-15(2)20-10-9-19(11-17(20)14-23)22(3)18-7-5-16(12-21)6-8-18;/h5-11,15H,4,13-14H2,1-3H3;1H. The zero-order valence-electron chi connectivity index (χ0n) is 14.5. The minimum Gasteiger partial charge on any atom is -0.345 e. The number of nitriles is 1. The molecule has 1 aliphatic heterocycles. The van der Waals surface area contributed by atoms with E-state index >= 15 is 0 Å². The zero-order valence-corrected chi connectivity index (χ0v) is 15.3. The van der Waals surface area contributed by atoms with Gasteiger partial charge >= 0.3 is 0 Å². The molecule has 1 aliphatic rings. The predicted octanol–water partition coefficient (Wildman–Crippen LogP) is 4.69. The molecule has 0 amide bonds. The second-order valence-corrected chi connectivity index (χ2v) is 6.33. The van der Waals surface area contributed by atoms with Gasteiger partial charge in [0.2, 0.25) is 0 Å². The van der Waals surface area contributed by atoms with Gasteiger partial charge in [0, 0.05) is 31.5 Å². The molecule has 3 rings (SSSR count). The lowest BCUT2D eigenvalue weighted by Gasteiger charge is -2.33. The van der Waals surface area contributed by atoms with Crippen LogP contribution in [0.15, 0.2) is 42.5 Å². The molecule has 0 saturated carbocycles. The van der Waals surface area contributed by atoms with Crippen LogP contribution in [0.3, 0.4) is 0 Å². The van der Waals surface area contributed by atoms with E-state index < -0.39 is 0 Å². The first-order chi connectivity index (χ1) is 11.1. The number of fused-ring (bicyclic) bond motifs is 1. The van der Waals surface area contributed by atoms with Crippen molar-refractivity contribution in [2.75, 3.05) is 25.0 Å². The van der Waals surface area contributed by atoms with E-state index in [4.69, 9.17) is 5.26 Å². The Balaban J connectivity index is 0.00000208. The molecule has 0 radical (unpaired) electrons. The maximum absolute atomic E-state index is 8.92. The number of hydrogen-bond acceptors (Lipinski definition) is 3. The van der Waals surface area contributed by atoms with Crippen LogP contribution in [-0.4, -0.2) is 25.0 Å². The largest absolute Gasteiger partial charge is 0.345 e. The zero-order chi connectivity index (χ0) is 16.4. The fourth-order valence-corrected chi connectivity index (χ4v) is 3.36. The summed E-state index contributed by atoms with van der Waals surface area (Å²) in [4.78, 5) is 4.68. The third kappa shape index (κ3) is 3.56. The average molecular weight is 342 g/mol. The molecule has 1 atom stereocenters. The summed E-state index contributed by atoms with van der Waals surface area (Å²) in [5, 5.41) is 8.92. The molecule has 1 heterocycles. The van der Waals surface area contributed by atoms with Crippen molar-refractivity contribution in [3.63, 3.8) is 0 Å². The molecule has 126 valence electrons. The van der Waals surface area contributed by atoms with Gasteiger partial charge in [-0.25, -0.2) is 0 Å². The Labute approximate surface area is 150 Å². The molecule has 0 fully saturated rings. The molecule has 0 spiro atoms. The van der Waals surface area contributed by atoms with Gasteiger partial charge in [-0.3, -0.25) is 4.90 Å².